The van der Waals surface area contributed by atoms with Crippen molar-refractivity contribution in [3.05, 3.63) is 46.3 Å². The fourth-order valence-corrected chi connectivity index (χ4v) is 8.09. The van der Waals surface area contributed by atoms with E-state index in [2.05, 4.69) is 22.6 Å². The summed E-state index contributed by atoms with van der Waals surface area (Å²) in [5, 5.41) is 28.4. The predicted molar refractivity (Wildman–Crippen MR) is 128 cm³/mol. The Morgan fingerprint density at radius 2 is 1.91 bits per heavy atom. The van der Waals surface area contributed by atoms with Gasteiger partial charge in [0.15, 0.2) is 0 Å². The van der Waals surface area contributed by atoms with Crippen molar-refractivity contribution in [2.24, 2.45) is 5.92 Å². The van der Waals surface area contributed by atoms with Crippen LogP contribution in [-0.4, -0.2) is 49.6 Å². The highest BCUT2D eigenvalue weighted by atomic mass is 16.3. The number of hydrogen-bond donors (Lipinski definition) is 2. The average molecular weight is 448 g/mol. The maximum Gasteiger partial charge on any atom is 0.115 e. The average Bonchev–Trinajstić information content (AvgIpc) is 3.58. The molecule has 5 heteroatoms. The van der Waals surface area contributed by atoms with E-state index in [4.69, 9.17) is 5.10 Å². The van der Waals surface area contributed by atoms with Crippen LogP contribution in [0.4, 0.5) is 0 Å². The summed E-state index contributed by atoms with van der Waals surface area (Å²) < 4.78 is 2.33. The van der Waals surface area contributed by atoms with E-state index in [9.17, 15) is 10.2 Å². The number of piperidine rings is 1. The molecule has 2 saturated carbocycles. The molecule has 0 spiro atoms. The van der Waals surface area contributed by atoms with Crippen molar-refractivity contribution in [3.8, 4) is 5.75 Å². The first-order valence-electron chi connectivity index (χ1n) is 13.3. The minimum atomic E-state index is -0.806. The summed E-state index contributed by atoms with van der Waals surface area (Å²) in [7, 11) is 0. The van der Waals surface area contributed by atoms with Crippen molar-refractivity contribution < 1.29 is 10.2 Å². The molecule has 1 aromatic carbocycles. The molecule has 0 unspecified atom stereocenters. The normalized spacial score (nSPS) is 33.9. The maximum absolute atomic E-state index is 12.7. The Balaban J connectivity index is 1.36. The van der Waals surface area contributed by atoms with Gasteiger partial charge >= 0.3 is 0 Å². The summed E-state index contributed by atoms with van der Waals surface area (Å²) in [6.45, 7) is 4.40. The Hall–Kier alpha value is -1.85. The van der Waals surface area contributed by atoms with Gasteiger partial charge in [-0.05, 0) is 86.7 Å². The van der Waals surface area contributed by atoms with Gasteiger partial charge < -0.3 is 10.2 Å². The zero-order valence-corrected chi connectivity index (χ0v) is 19.9. The fourth-order valence-electron chi connectivity index (χ4n) is 8.09. The Morgan fingerprint density at radius 3 is 2.70 bits per heavy atom. The minimum Gasteiger partial charge on any atom is -0.508 e. The van der Waals surface area contributed by atoms with E-state index >= 15 is 0 Å². The Labute approximate surface area is 196 Å². The first-order chi connectivity index (χ1) is 16.0. The van der Waals surface area contributed by atoms with Gasteiger partial charge in [0.1, 0.15) is 5.75 Å². The van der Waals surface area contributed by atoms with Crippen LogP contribution < -0.4 is 0 Å². The highest BCUT2D eigenvalue weighted by Crippen LogP contribution is 2.58. The highest BCUT2D eigenvalue weighted by Gasteiger charge is 2.65. The molecule has 0 amide bonds. The van der Waals surface area contributed by atoms with Crippen LogP contribution in [0.5, 0.6) is 5.75 Å². The smallest absolute Gasteiger partial charge is 0.115 e. The summed E-state index contributed by atoms with van der Waals surface area (Å²) in [5.74, 6) is 1.14. The molecule has 4 aliphatic carbocycles. The molecular weight excluding hydrogens is 410 g/mol. The number of nitrogens with zero attached hydrogens (tertiary/aromatic N) is 3. The second kappa shape index (κ2) is 7.08. The van der Waals surface area contributed by atoms with Gasteiger partial charge in [-0.2, -0.15) is 5.10 Å². The van der Waals surface area contributed by atoms with Gasteiger partial charge in [-0.3, -0.25) is 9.58 Å². The number of phenols is 1. The van der Waals surface area contributed by atoms with Crippen LogP contribution >= 0.6 is 0 Å². The van der Waals surface area contributed by atoms with E-state index in [-0.39, 0.29) is 11.5 Å². The number of rotatable bonds is 3. The zero-order valence-electron chi connectivity index (χ0n) is 19.9. The van der Waals surface area contributed by atoms with Gasteiger partial charge in [0.2, 0.25) is 0 Å². The molecule has 2 N–H and O–H groups in total. The summed E-state index contributed by atoms with van der Waals surface area (Å²) >= 11 is 0. The molecule has 2 heterocycles. The standard InChI is InChI=1S/C28H37N3O2/c1-18-23-15-28(33)26-13-20-9-10-22(32)14-24(20)27(28,11-12-30(26)17-19-7-8-19)16-25(23)29-31(18)21-5-3-2-4-6-21/h9-10,14,19,21,26,32-33H,2-8,11-13,15-17H2,1H3/t26-,27-,28-/m1/s1. The molecule has 1 saturated heterocycles. The van der Waals surface area contributed by atoms with Gasteiger partial charge in [0.25, 0.3) is 0 Å². The molecule has 5 nitrogen and oxygen atoms in total. The molecule has 2 bridgehead atoms. The van der Waals surface area contributed by atoms with Crippen LogP contribution in [0.2, 0.25) is 0 Å². The quantitative estimate of drug-likeness (QED) is 0.740. The lowest BCUT2D eigenvalue weighted by Crippen LogP contribution is -2.74. The van der Waals surface area contributed by atoms with Crippen molar-refractivity contribution in [2.45, 2.75) is 101 Å². The zero-order chi connectivity index (χ0) is 22.4. The molecule has 1 aromatic heterocycles. The molecule has 33 heavy (non-hydrogen) atoms. The van der Waals surface area contributed by atoms with Gasteiger partial charge in [-0.15, -0.1) is 0 Å². The number of hydrogen-bond acceptors (Lipinski definition) is 4. The fraction of sp³-hybridized carbons (Fsp3) is 0.679. The van der Waals surface area contributed by atoms with E-state index in [0.717, 1.165) is 38.3 Å². The van der Waals surface area contributed by atoms with E-state index in [0.29, 0.717) is 18.2 Å². The van der Waals surface area contributed by atoms with E-state index in [1.54, 1.807) is 0 Å². The number of aliphatic hydroxyl groups is 1. The SMILES string of the molecule is Cc1c2c(nn1C1CCCCC1)C[C@]13CCN(CC4CC4)[C@H](Cc4ccc(O)cc41)[C@]3(O)C2. The third kappa shape index (κ3) is 2.88. The number of aromatic hydroxyl groups is 1. The molecule has 3 fully saturated rings. The minimum absolute atomic E-state index is 0.148. The van der Waals surface area contributed by atoms with E-state index < -0.39 is 5.60 Å². The second-order valence-corrected chi connectivity index (χ2v) is 11.9. The van der Waals surface area contributed by atoms with Crippen LogP contribution in [0, 0.1) is 12.8 Å². The number of fused-ring (bicyclic) bond motifs is 2. The van der Waals surface area contributed by atoms with E-state index in [1.165, 1.54) is 73.0 Å². The van der Waals surface area contributed by atoms with Gasteiger partial charge in [0.05, 0.1) is 17.3 Å². The summed E-state index contributed by atoms with van der Waals surface area (Å²) in [5.41, 5.74) is 5.13. The van der Waals surface area contributed by atoms with Gasteiger partial charge in [-0.25, -0.2) is 0 Å². The topological polar surface area (TPSA) is 61.5 Å². The second-order valence-electron chi connectivity index (χ2n) is 11.9. The van der Waals surface area contributed by atoms with Crippen LogP contribution in [0.15, 0.2) is 18.2 Å². The largest absolute Gasteiger partial charge is 0.508 e. The van der Waals surface area contributed by atoms with Crippen LogP contribution in [-0.2, 0) is 24.7 Å². The third-order valence-corrected chi connectivity index (χ3v) is 10.1. The Morgan fingerprint density at radius 1 is 1.09 bits per heavy atom. The first-order valence-corrected chi connectivity index (χ1v) is 13.3. The van der Waals surface area contributed by atoms with Crippen molar-refractivity contribution in [1.29, 1.82) is 0 Å². The lowest BCUT2D eigenvalue weighted by atomic mass is 9.49. The van der Waals surface area contributed by atoms with Crippen LogP contribution in [0.25, 0.3) is 0 Å². The molecule has 3 atom stereocenters. The summed E-state index contributed by atoms with van der Waals surface area (Å²) in [6.07, 6.45) is 12.4. The number of phenolic OH excluding ortho intramolecular Hbond substituents is 1. The van der Waals surface area contributed by atoms with E-state index in [1.807, 2.05) is 12.1 Å². The molecule has 7 rings (SSSR count). The molecule has 2 aromatic rings. The van der Waals surface area contributed by atoms with Crippen molar-refractivity contribution in [3.63, 3.8) is 0 Å². The lowest BCUT2D eigenvalue weighted by Gasteiger charge is -2.63. The highest BCUT2D eigenvalue weighted by molar-refractivity contribution is 5.52. The summed E-state index contributed by atoms with van der Waals surface area (Å²) in [6, 6.07) is 6.57. The number of aromatic nitrogens is 2. The van der Waals surface area contributed by atoms with Crippen molar-refractivity contribution in [2.75, 3.05) is 13.1 Å². The molecule has 176 valence electrons. The molecule has 0 radical (unpaired) electrons. The van der Waals surface area contributed by atoms with Crippen LogP contribution in [0.3, 0.4) is 0 Å². The number of benzene rings is 1. The third-order valence-electron chi connectivity index (χ3n) is 10.1. The van der Waals surface area contributed by atoms with Crippen molar-refractivity contribution >= 4 is 0 Å². The maximum atomic E-state index is 12.7. The Kier molecular flexibility index (Phi) is 4.40. The monoisotopic (exact) mass is 447 g/mol. The Bertz CT molecular complexity index is 1100. The molecular formula is C28H37N3O2. The van der Waals surface area contributed by atoms with Gasteiger partial charge in [0, 0.05) is 36.5 Å². The van der Waals surface area contributed by atoms with Crippen LogP contribution in [0.1, 0.15) is 85.5 Å². The molecule has 1 aliphatic heterocycles. The van der Waals surface area contributed by atoms with Gasteiger partial charge in [-0.1, -0.05) is 25.3 Å². The summed E-state index contributed by atoms with van der Waals surface area (Å²) in [4.78, 5) is 2.62. The predicted octanol–water partition coefficient (Wildman–Crippen LogP) is 4.21. The molecule has 5 aliphatic rings. The number of likely N-dealkylation sites (tertiary alicyclic amines) is 1. The van der Waals surface area contributed by atoms with Crippen molar-refractivity contribution in [1.82, 2.24) is 14.7 Å². The first kappa shape index (κ1) is 20.5. The lowest BCUT2D eigenvalue weighted by molar-refractivity contribution is -0.152.